The van der Waals surface area contributed by atoms with Gasteiger partial charge in [0.2, 0.25) is 5.91 Å². The maximum atomic E-state index is 12.2. The van der Waals surface area contributed by atoms with Crippen LogP contribution in [0.3, 0.4) is 0 Å². The van der Waals surface area contributed by atoms with Gasteiger partial charge < -0.3 is 14.8 Å². The highest BCUT2D eigenvalue weighted by Gasteiger charge is 2.13. The van der Waals surface area contributed by atoms with E-state index in [2.05, 4.69) is 5.32 Å². The van der Waals surface area contributed by atoms with E-state index in [0.717, 1.165) is 11.1 Å². The first-order valence-electron chi connectivity index (χ1n) is 7.99. The van der Waals surface area contributed by atoms with Crippen molar-refractivity contribution in [2.75, 3.05) is 33.1 Å². The first kappa shape index (κ1) is 20.4. The fraction of sp³-hybridized carbons (Fsp3) is 0.316. The van der Waals surface area contributed by atoms with E-state index in [4.69, 9.17) is 32.7 Å². The summed E-state index contributed by atoms with van der Waals surface area (Å²) in [7, 11) is 5.09. The highest BCUT2D eigenvalue weighted by molar-refractivity contribution is 6.42. The van der Waals surface area contributed by atoms with Crippen LogP contribution in [0.4, 0.5) is 5.69 Å². The number of hydrogen-bond donors (Lipinski definition) is 1. The second-order valence-corrected chi connectivity index (χ2v) is 6.80. The number of nitrogens with zero attached hydrogens (tertiary/aromatic N) is 1. The van der Waals surface area contributed by atoms with E-state index in [-0.39, 0.29) is 12.5 Å². The smallest absolute Gasteiger partial charge is 0.238 e. The highest BCUT2D eigenvalue weighted by Crippen LogP contribution is 2.30. The molecular weight excluding hydrogens is 375 g/mol. The number of carbonyl (C=O) groups is 1. The zero-order valence-corrected chi connectivity index (χ0v) is 16.7. The molecule has 0 atom stereocenters. The molecule has 0 heterocycles. The molecule has 0 saturated carbocycles. The van der Waals surface area contributed by atoms with Crippen molar-refractivity contribution < 1.29 is 14.3 Å². The number of likely N-dealkylation sites (N-methyl/N-ethyl adjacent to an activating group) is 1. The number of ether oxygens (including phenoxy) is 2. The normalized spacial score (nSPS) is 10.7. The number of benzene rings is 2. The molecule has 0 aliphatic heterocycles. The van der Waals surface area contributed by atoms with E-state index in [1.165, 1.54) is 0 Å². The number of aryl methyl sites for hydroxylation is 1. The molecule has 0 aromatic heterocycles. The number of hydrogen-bond acceptors (Lipinski definition) is 4. The summed E-state index contributed by atoms with van der Waals surface area (Å²) in [5.74, 6) is 1.22. The van der Waals surface area contributed by atoms with Gasteiger partial charge in [-0.15, -0.1) is 0 Å². The minimum atomic E-state index is -0.135. The summed E-state index contributed by atoms with van der Waals surface area (Å²) in [5.41, 5.74) is 2.74. The monoisotopic (exact) mass is 396 g/mol. The van der Waals surface area contributed by atoms with Gasteiger partial charge >= 0.3 is 0 Å². The maximum absolute atomic E-state index is 12.2. The van der Waals surface area contributed by atoms with Crippen LogP contribution in [0.1, 0.15) is 11.1 Å². The zero-order valence-electron chi connectivity index (χ0n) is 15.2. The summed E-state index contributed by atoms with van der Waals surface area (Å²) in [6.45, 7) is 2.83. The van der Waals surface area contributed by atoms with Gasteiger partial charge in [-0.2, -0.15) is 0 Å². The lowest BCUT2D eigenvalue weighted by Gasteiger charge is -2.19. The third-order valence-corrected chi connectivity index (χ3v) is 4.64. The molecule has 2 aromatic rings. The second-order valence-electron chi connectivity index (χ2n) is 5.98. The highest BCUT2D eigenvalue weighted by atomic mass is 35.5. The van der Waals surface area contributed by atoms with Gasteiger partial charge in [0.1, 0.15) is 0 Å². The maximum Gasteiger partial charge on any atom is 0.238 e. The second kappa shape index (κ2) is 9.12. The van der Waals surface area contributed by atoms with Gasteiger partial charge in [0.05, 0.1) is 30.8 Å². The molecule has 2 aromatic carbocycles. The van der Waals surface area contributed by atoms with Crippen LogP contribution in [0.15, 0.2) is 30.3 Å². The lowest BCUT2D eigenvalue weighted by atomic mass is 10.1. The van der Waals surface area contributed by atoms with Crippen molar-refractivity contribution in [3.8, 4) is 11.5 Å². The fourth-order valence-corrected chi connectivity index (χ4v) is 2.86. The molecule has 0 unspecified atom stereocenters. The van der Waals surface area contributed by atoms with Gasteiger partial charge in [-0.05, 0) is 55.4 Å². The fourth-order valence-electron chi connectivity index (χ4n) is 2.56. The van der Waals surface area contributed by atoms with Crippen LogP contribution in [0.5, 0.6) is 11.5 Å². The molecule has 7 heteroatoms. The quantitative estimate of drug-likeness (QED) is 0.753. The molecule has 140 valence electrons. The summed E-state index contributed by atoms with van der Waals surface area (Å²) in [6, 6.07) is 8.85. The molecule has 1 amide bonds. The van der Waals surface area contributed by atoms with Gasteiger partial charge in [-0.1, -0.05) is 23.2 Å². The van der Waals surface area contributed by atoms with Crippen molar-refractivity contribution >= 4 is 34.8 Å². The third-order valence-electron chi connectivity index (χ3n) is 3.90. The molecule has 0 aliphatic rings. The zero-order chi connectivity index (χ0) is 19.3. The van der Waals surface area contributed by atoms with Crippen LogP contribution in [-0.4, -0.2) is 38.6 Å². The van der Waals surface area contributed by atoms with Gasteiger partial charge in [-0.3, -0.25) is 9.69 Å². The first-order chi connectivity index (χ1) is 12.3. The largest absolute Gasteiger partial charge is 0.493 e. The van der Waals surface area contributed by atoms with E-state index >= 15 is 0 Å². The lowest BCUT2D eigenvalue weighted by Crippen LogP contribution is -2.30. The predicted molar refractivity (Wildman–Crippen MR) is 106 cm³/mol. The van der Waals surface area contributed by atoms with Gasteiger partial charge in [0.15, 0.2) is 11.5 Å². The standard InChI is InChI=1S/C19H22Cl2N2O3/c1-12-7-17(25-3)18(26-4)8-13(12)10-23(2)11-19(24)22-14-5-6-15(20)16(21)9-14/h5-9H,10-11H2,1-4H3,(H,22,24). The summed E-state index contributed by atoms with van der Waals surface area (Å²) in [4.78, 5) is 14.2. The molecule has 1 N–H and O–H groups in total. The number of rotatable bonds is 7. The van der Waals surface area contributed by atoms with Crippen LogP contribution >= 0.6 is 23.2 Å². The Hall–Kier alpha value is -1.95. The Morgan fingerprint density at radius 2 is 1.73 bits per heavy atom. The molecule has 0 radical (unpaired) electrons. The third kappa shape index (κ3) is 5.27. The SMILES string of the molecule is COc1cc(C)c(CN(C)CC(=O)Nc2ccc(Cl)c(Cl)c2)cc1OC. The molecule has 2 rings (SSSR count). The summed E-state index contributed by atoms with van der Waals surface area (Å²) < 4.78 is 10.7. The van der Waals surface area contributed by atoms with Gasteiger partial charge in [0.25, 0.3) is 0 Å². The minimum Gasteiger partial charge on any atom is -0.493 e. The van der Waals surface area contributed by atoms with Crippen molar-refractivity contribution in [2.24, 2.45) is 0 Å². The Kier molecular flexibility index (Phi) is 7.14. The van der Waals surface area contributed by atoms with E-state index in [9.17, 15) is 4.79 Å². The summed E-state index contributed by atoms with van der Waals surface area (Å²) >= 11 is 11.8. The van der Waals surface area contributed by atoms with Crippen LogP contribution in [0.2, 0.25) is 10.0 Å². The van der Waals surface area contributed by atoms with Crippen molar-refractivity contribution in [3.05, 3.63) is 51.5 Å². The Bertz CT molecular complexity index is 797. The molecule has 5 nitrogen and oxygen atoms in total. The Morgan fingerprint density at radius 1 is 1.08 bits per heavy atom. The van der Waals surface area contributed by atoms with Gasteiger partial charge in [0, 0.05) is 12.2 Å². The van der Waals surface area contributed by atoms with Crippen molar-refractivity contribution in [2.45, 2.75) is 13.5 Å². The van der Waals surface area contributed by atoms with Crippen LogP contribution in [0.25, 0.3) is 0 Å². The molecule has 0 aliphatic carbocycles. The number of carbonyl (C=O) groups excluding carboxylic acids is 1. The number of nitrogens with one attached hydrogen (secondary N) is 1. The number of methoxy groups -OCH3 is 2. The summed E-state index contributed by atoms with van der Waals surface area (Å²) in [5, 5.41) is 3.67. The number of anilines is 1. The molecule has 0 saturated heterocycles. The molecular formula is C19H22Cl2N2O3. The molecule has 0 fully saturated rings. The van der Waals surface area contributed by atoms with E-state index in [1.54, 1.807) is 32.4 Å². The van der Waals surface area contributed by atoms with Crippen LogP contribution < -0.4 is 14.8 Å². The lowest BCUT2D eigenvalue weighted by molar-refractivity contribution is -0.117. The van der Waals surface area contributed by atoms with Crippen molar-refractivity contribution in [1.29, 1.82) is 0 Å². The van der Waals surface area contributed by atoms with Crippen molar-refractivity contribution in [1.82, 2.24) is 4.90 Å². The average molecular weight is 397 g/mol. The molecule has 0 spiro atoms. The number of halogens is 2. The predicted octanol–water partition coefficient (Wildman–Crippen LogP) is 4.39. The topological polar surface area (TPSA) is 50.8 Å². The van der Waals surface area contributed by atoms with Crippen molar-refractivity contribution in [3.63, 3.8) is 0 Å². The average Bonchev–Trinajstić information content (AvgIpc) is 2.59. The van der Waals surface area contributed by atoms with Gasteiger partial charge in [-0.25, -0.2) is 0 Å². The Morgan fingerprint density at radius 3 is 2.35 bits per heavy atom. The van der Waals surface area contributed by atoms with Crippen LogP contribution in [0, 0.1) is 6.92 Å². The Labute approximate surface area is 163 Å². The Balaban J connectivity index is 2.00. The molecule has 0 bridgehead atoms. The van der Waals surface area contributed by atoms with E-state index in [1.807, 2.05) is 31.0 Å². The van der Waals surface area contributed by atoms with Crippen LogP contribution in [-0.2, 0) is 11.3 Å². The molecule has 26 heavy (non-hydrogen) atoms. The van der Waals surface area contributed by atoms with E-state index < -0.39 is 0 Å². The summed E-state index contributed by atoms with van der Waals surface area (Å²) in [6.07, 6.45) is 0. The minimum absolute atomic E-state index is 0.135. The first-order valence-corrected chi connectivity index (χ1v) is 8.74. The van der Waals surface area contributed by atoms with E-state index in [0.29, 0.717) is 33.8 Å². The number of amides is 1.